The molecule has 0 heterocycles. The smallest absolute Gasteiger partial charge is 0.160 e. The van der Waals surface area contributed by atoms with E-state index in [1.807, 2.05) is 6.07 Å². The minimum atomic E-state index is -0.354. The number of ketones is 2. The van der Waals surface area contributed by atoms with Crippen LogP contribution in [0.2, 0.25) is 0 Å². The first-order valence-corrected chi connectivity index (χ1v) is 5.70. The average Bonchev–Trinajstić information content (AvgIpc) is 2.35. The van der Waals surface area contributed by atoms with E-state index < -0.39 is 0 Å². The van der Waals surface area contributed by atoms with Crippen LogP contribution in [0.5, 0.6) is 0 Å². The molecule has 0 unspecified atom stereocenters. The van der Waals surface area contributed by atoms with Crippen LogP contribution >= 0.6 is 0 Å². The number of Topliss-reactive ketones (excluding diaryl/α,β-unsaturated/α-hetero) is 2. The predicted molar refractivity (Wildman–Crippen MR) is 68.0 cm³/mol. The number of carbonyl (C=O) groups is 2. The van der Waals surface area contributed by atoms with Gasteiger partial charge in [0.05, 0.1) is 0 Å². The Hall–Kier alpha value is -1.52. The highest BCUT2D eigenvalue weighted by Crippen LogP contribution is 2.16. The van der Waals surface area contributed by atoms with Crippen LogP contribution < -0.4 is 0 Å². The molecule has 0 aliphatic rings. The highest BCUT2D eigenvalue weighted by Gasteiger charge is 2.14. The van der Waals surface area contributed by atoms with Crippen molar-refractivity contribution in [2.45, 2.75) is 26.6 Å². The fraction of sp³-hybridized carbons (Fsp3) is 0.429. The maximum atomic E-state index is 11.5. The summed E-state index contributed by atoms with van der Waals surface area (Å²) in [5.74, 6) is -0.227. The van der Waals surface area contributed by atoms with Crippen LogP contribution in [0.3, 0.4) is 0 Å². The summed E-state index contributed by atoms with van der Waals surface area (Å²) in [6.07, 6.45) is 0.179. The zero-order valence-corrected chi connectivity index (χ0v) is 11.1. The number of hydrogen-bond donors (Lipinski definition) is 0. The topological polar surface area (TPSA) is 52.6 Å². The molecule has 4 heteroatoms. The Kier molecular flexibility index (Phi) is 5.19. The summed E-state index contributed by atoms with van der Waals surface area (Å²) in [6.45, 7) is 2.91. The fourth-order valence-corrected chi connectivity index (χ4v) is 1.77. The molecule has 0 spiro atoms. The molecule has 0 amide bonds. The Morgan fingerprint density at radius 1 is 1.06 bits per heavy atom. The number of benzene rings is 1. The number of carbonyl (C=O) groups excluding carboxylic acids is 2. The third kappa shape index (κ3) is 3.48. The molecule has 0 N–H and O–H groups in total. The summed E-state index contributed by atoms with van der Waals surface area (Å²) in [4.78, 5) is 22.9. The van der Waals surface area contributed by atoms with E-state index in [1.165, 1.54) is 13.8 Å². The van der Waals surface area contributed by atoms with Crippen LogP contribution in [0.4, 0.5) is 0 Å². The van der Waals surface area contributed by atoms with E-state index in [9.17, 15) is 9.59 Å². The van der Waals surface area contributed by atoms with Crippen molar-refractivity contribution in [2.75, 3.05) is 14.2 Å². The molecule has 0 aliphatic carbocycles. The molecule has 0 aliphatic heterocycles. The first-order valence-electron chi connectivity index (χ1n) is 5.70. The second-order valence-electron chi connectivity index (χ2n) is 4.10. The van der Waals surface area contributed by atoms with Crippen LogP contribution in [0.1, 0.15) is 40.1 Å². The van der Waals surface area contributed by atoms with E-state index in [2.05, 4.69) is 0 Å². The lowest BCUT2D eigenvalue weighted by Gasteiger charge is -2.14. The highest BCUT2D eigenvalue weighted by molar-refractivity contribution is 6.07. The Bertz CT molecular complexity index is 447. The monoisotopic (exact) mass is 250 g/mol. The van der Waals surface area contributed by atoms with Crippen molar-refractivity contribution < 1.29 is 19.1 Å². The number of ether oxygens (including phenoxy) is 2. The van der Waals surface area contributed by atoms with Crippen LogP contribution in [0, 0.1) is 0 Å². The summed E-state index contributed by atoms with van der Waals surface area (Å²) >= 11 is 0. The molecule has 0 bridgehead atoms. The predicted octanol–water partition coefficient (Wildman–Crippen LogP) is 2.25. The number of rotatable bonds is 6. The lowest BCUT2D eigenvalue weighted by molar-refractivity contribution is -0.100. The summed E-state index contributed by atoms with van der Waals surface area (Å²) in [5, 5.41) is 0. The van der Waals surface area contributed by atoms with E-state index in [-0.39, 0.29) is 17.9 Å². The average molecular weight is 250 g/mol. The molecule has 0 fully saturated rings. The van der Waals surface area contributed by atoms with Gasteiger partial charge in [0.25, 0.3) is 0 Å². The van der Waals surface area contributed by atoms with Crippen molar-refractivity contribution >= 4 is 11.6 Å². The maximum absolute atomic E-state index is 11.5. The van der Waals surface area contributed by atoms with Gasteiger partial charge in [-0.05, 0) is 25.5 Å². The standard InChI is InChI=1S/C14H18O4/c1-9(15)12-6-5-11(7-13(12)10(2)16)8-14(17-3)18-4/h5-7,14H,8H2,1-4H3. The quantitative estimate of drug-likeness (QED) is 0.574. The van der Waals surface area contributed by atoms with Crippen molar-refractivity contribution in [2.24, 2.45) is 0 Å². The zero-order valence-electron chi connectivity index (χ0n) is 11.1. The Morgan fingerprint density at radius 2 is 1.61 bits per heavy atom. The molecule has 0 radical (unpaired) electrons. The third-order valence-electron chi connectivity index (χ3n) is 2.77. The normalized spacial score (nSPS) is 10.7. The van der Waals surface area contributed by atoms with E-state index in [0.717, 1.165) is 5.56 Å². The Balaban J connectivity index is 3.07. The van der Waals surface area contributed by atoms with Crippen molar-refractivity contribution in [1.29, 1.82) is 0 Å². The van der Waals surface area contributed by atoms with E-state index in [0.29, 0.717) is 17.5 Å². The maximum Gasteiger partial charge on any atom is 0.160 e. The van der Waals surface area contributed by atoms with Crippen LogP contribution in [0.25, 0.3) is 0 Å². The molecule has 0 saturated carbocycles. The molecule has 0 atom stereocenters. The van der Waals surface area contributed by atoms with Gasteiger partial charge in [-0.1, -0.05) is 12.1 Å². The fourth-order valence-electron chi connectivity index (χ4n) is 1.77. The van der Waals surface area contributed by atoms with Crippen LogP contribution in [0.15, 0.2) is 18.2 Å². The van der Waals surface area contributed by atoms with Gasteiger partial charge in [-0.25, -0.2) is 0 Å². The molecule has 1 aromatic rings. The van der Waals surface area contributed by atoms with Crippen molar-refractivity contribution in [1.82, 2.24) is 0 Å². The minimum Gasteiger partial charge on any atom is -0.356 e. The molecule has 0 aromatic heterocycles. The minimum absolute atomic E-state index is 0.109. The van der Waals surface area contributed by atoms with Gasteiger partial charge in [0.2, 0.25) is 0 Å². The van der Waals surface area contributed by atoms with Crippen LogP contribution in [-0.2, 0) is 15.9 Å². The Morgan fingerprint density at radius 3 is 2.06 bits per heavy atom. The van der Waals surface area contributed by atoms with Gasteiger partial charge in [0.1, 0.15) is 0 Å². The lowest BCUT2D eigenvalue weighted by atomic mass is 9.97. The second kappa shape index (κ2) is 6.42. The SMILES string of the molecule is COC(Cc1ccc(C(C)=O)c(C(C)=O)c1)OC. The lowest BCUT2D eigenvalue weighted by Crippen LogP contribution is -2.16. The van der Waals surface area contributed by atoms with Crippen LogP contribution in [-0.4, -0.2) is 32.1 Å². The molecule has 1 rings (SSSR count). The van der Waals surface area contributed by atoms with Gasteiger partial charge in [0.15, 0.2) is 17.9 Å². The first-order chi connectivity index (χ1) is 8.49. The van der Waals surface area contributed by atoms with E-state index in [1.54, 1.807) is 26.4 Å². The highest BCUT2D eigenvalue weighted by atomic mass is 16.7. The molecule has 98 valence electrons. The van der Waals surface area contributed by atoms with Gasteiger partial charge in [-0.2, -0.15) is 0 Å². The molecule has 1 aromatic carbocycles. The van der Waals surface area contributed by atoms with Gasteiger partial charge in [0, 0.05) is 31.8 Å². The van der Waals surface area contributed by atoms with Gasteiger partial charge >= 0.3 is 0 Å². The van der Waals surface area contributed by atoms with Crippen molar-refractivity contribution in [3.05, 3.63) is 34.9 Å². The van der Waals surface area contributed by atoms with Gasteiger partial charge < -0.3 is 9.47 Å². The summed E-state index contributed by atoms with van der Waals surface area (Å²) in [5.41, 5.74) is 1.81. The van der Waals surface area contributed by atoms with Crippen molar-refractivity contribution in [3.8, 4) is 0 Å². The first kappa shape index (κ1) is 14.5. The largest absolute Gasteiger partial charge is 0.356 e. The molecule has 18 heavy (non-hydrogen) atoms. The number of hydrogen-bond acceptors (Lipinski definition) is 4. The zero-order chi connectivity index (χ0) is 13.7. The van der Waals surface area contributed by atoms with Crippen molar-refractivity contribution in [3.63, 3.8) is 0 Å². The Labute approximate surface area is 107 Å². The molecular weight excluding hydrogens is 232 g/mol. The van der Waals surface area contributed by atoms with Gasteiger partial charge in [-0.15, -0.1) is 0 Å². The second-order valence-corrected chi connectivity index (χ2v) is 4.10. The number of methoxy groups -OCH3 is 2. The molecule has 4 nitrogen and oxygen atoms in total. The van der Waals surface area contributed by atoms with E-state index >= 15 is 0 Å². The van der Waals surface area contributed by atoms with E-state index in [4.69, 9.17) is 9.47 Å². The van der Waals surface area contributed by atoms with Gasteiger partial charge in [-0.3, -0.25) is 9.59 Å². The molecule has 0 saturated heterocycles. The summed E-state index contributed by atoms with van der Waals surface area (Å²) < 4.78 is 10.2. The summed E-state index contributed by atoms with van der Waals surface area (Å²) in [6, 6.07) is 5.22. The molecular formula is C14H18O4. The third-order valence-corrected chi connectivity index (χ3v) is 2.77. The summed E-state index contributed by atoms with van der Waals surface area (Å²) in [7, 11) is 3.12.